The molecule has 1 heterocycles. The first kappa shape index (κ1) is 14.7. The first-order valence-corrected chi connectivity index (χ1v) is 6.46. The molecule has 110 valence electrons. The van der Waals surface area contributed by atoms with Gasteiger partial charge in [-0.2, -0.15) is 0 Å². The summed E-state index contributed by atoms with van der Waals surface area (Å²) < 4.78 is 0. The topological polar surface area (TPSA) is 110 Å². The van der Waals surface area contributed by atoms with Crippen molar-refractivity contribution in [3.05, 3.63) is 29.3 Å². The molecular formula is C14H15N3O4. The maximum absolute atomic E-state index is 12.3. The Balaban J connectivity index is 2.12. The van der Waals surface area contributed by atoms with Crippen LogP contribution in [0.4, 0.5) is 5.69 Å². The third-order valence-corrected chi connectivity index (χ3v) is 3.39. The largest absolute Gasteiger partial charge is 0.399 e. The predicted molar refractivity (Wildman–Crippen MR) is 74.3 cm³/mol. The van der Waals surface area contributed by atoms with Crippen LogP contribution < -0.4 is 11.1 Å². The van der Waals surface area contributed by atoms with Crippen LogP contribution in [0.5, 0.6) is 0 Å². The predicted octanol–water partition coefficient (Wildman–Crippen LogP) is 0.306. The third-order valence-electron chi connectivity index (χ3n) is 3.39. The number of nitrogen functional groups attached to an aromatic ring is 1. The number of nitrogens with two attached hydrogens (primary N) is 1. The minimum Gasteiger partial charge on any atom is -0.399 e. The number of nitrogens with zero attached hydrogens (tertiary/aromatic N) is 1. The number of carbonyl (C=O) groups is 4. The van der Waals surface area contributed by atoms with Crippen LogP contribution in [0.25, 0.3) is 0 Å². The molecule has 0 bridgehead atoms. The molecule has 4 amide bonds. The van der Waals surface area contributed by atoms with Gasteiger partial charge >= 0.3 is 0 Å². The van der Waals surface area contributed by atoms with Crippen molar-refractivity contribution in [2.75, 3.05) is 5.73 Å². The van der Waals surface area contributed by atoms with Gasteiger partial charge < -0.3 is 5.73 Å². The lowest BCUT2D eigenvalue weighted by Crippen LogP contribution is -2.38. The quantitative estimate of drug-likeness (QED) is 0.460. The molecule has 1 unspecified atom stereocenters. The average Bonchev–Trinajstić information content (AvgIpc) is 2.68. The van der Waals surface area contributed by atoms with Gasteiger partial charge in [-0.1, -0.05) is 0 Å². The lowest BCUT2D eigenvalue weighted by molar-refractivity contribution is -0.125. The molecule has 1 aromatic rings. The Hall–Kier alpha value is -2.70. The Labute approximate surface area is 121 Å². The number of nitrogens with one attached hydrogen (secondary N) is 1. The zero-order valence-corrected chi connectivity index (χ0v) is 11.5. The maximum atomic E-state index is 12.3. The summed E-state index contributed by atoms with van der Waals surface area (Å²) in [5.74, 6) is -1.25. The number of anilines is 1. The molecule has 0 radical (unpaired) electrons. The third kappa shape index (κ3) is 2.76. The summed E-state index contributed by atoms with van der Waals surface area (Å²) in [6, 6.07) is 4.12. The minimum atomic E-state index is -0.448. The molecule has 7 nitrogen and oxygen atoms in total. The molecule has 3 N–H and O–H groups in total. The van der Waals surface area contributed by atoms with Gasteiger partial charge in [-0.15, -0.1) is 0 Å². The van der Waals surface area contributed by atoms with Gasteiger partial charge in [-0.25, -0.2) is 0 Å². The SMILES string of the molecule is CC(CCC(=O)NC=O)N1C(=O)c2ccc(N)cc2C1=O. The van der Waals surface area contributed by atoms with Crippen LogP contribution in [0.3, 0.4) is 0 Å². The lowest BCUT2D eigenvalue weighted by Gasteiger charge is -2.22. The monoisotopic (exact) mass is 289 g/mol. The van der Waals surface area contributed by atoms with E-state index in [1.807, 2.05) is 5.32 Å². The van der Waals surface area contributed by atoms with E-state index in [1.54, 1.807) is 13.0 Å². The summed E-state index contributed by atoms with van der Waals surface area (Å²) in [6.45, 7) is 1.68. The number of hydrogen-bond acceptors (Lipinski definition) is 5. The van der Waals surface area contributed by atoms with Gasteiger partial charge in [0.15, 0.2) is 0 Å². The van der Waals surface area contributed by atoms with Crippen molar-refractivity contribution in [1.82, 2.24) is 10.2 Å². The van der Waals surface area contributed by atoms with Crippen LogP contribution in [0.1, 0.15) is 40.5 Å². The van der Waals surface area contributed by atoms with Crippen LogP contribution >= 0.6 is 0 Å². The molecule has 1 atom stereocenters. The number of fused-ring (bicyclic) bond motifs is 1. The fourth-order valence-electron chi connectivity index (χ4n) is 2.28. The summed E-state index contributed by atoms with van der Waals surface area (Å²) in [4.78, 5) is 47.0. The Morgan fingerprint density at radius 1 is 1.33 bits per heavy atom. The van der Waals surface area contributed by atoms with Gasteiger partial charge in [-0.05, 0) is 31.5 Å². The van der Waals surface area contributed by atoms with E-state index in [1.165, 1.54) is 12.1 Å². The number of rotatable bonds is 5. The van der Waals surface area contributed by atoms with Crippen molar-refractivity contribution in [2.24, 2.45) is 0 Å². The Kier molecular flexibility index (Phi) is 4.02. The zero-order valence-electron chi connectivity index (χ0n) is 11.5. The van der Waals surface area contributed by atoms with Crippen molar-refractivity contribution in [1.29, 1.82) is 0 Å². The fourth-order valence-corrected chi connectivity index (χ4v) is 2.28. The molecule has 1 aliphatic rings. The highest BCUT2D eigenvalue weighted by atomic mass is 16.2. The normalized spacial score (nSPS) is 14.8. The van der Waals surface area contributed by atoms with Crippen LogP contribution in [0.15, 0.2) is 18.2 Å². The number of hydrogen-bond donors (Lipinski definition) is 2. The molecule has 0 aromatic heterocycles. The van der Waals surface area contributed by atoms with Gasteiger partial charge in [-0.3, -0.25) is 29.4 Å². The highest BCUT2D eigenvalue weighted by molar-refractivity contribution is 6.21. The van der Waals surface area contributed by atoms with Gasteiger partial charge in [0, 0.05) is 18.2 Å². The molecular weight excluding hydrogens is 274 g/mol. The zero-order chi connectivity index (χ0) is 15.6. The highest BCUT2D eigenvalue weighted by Gasteiger charge is 2.38. The maximum Gasteiger partial charge on any atom is 0.261 e. The van der Waals surface area contributed by atoms with E-state index in [4.69, 9.17) is 5.73 Å². The second kappa shape index (κ2) is 5.74. The number of carbonyl (C=O) groups excluding carboxylic acids is 4. The van der Waals surface area contributed by atoms with E-state index in [0.717, 1.165) is 4.90 Å². The van der Waals surface area contributed by atoms with Crippen molar-refractivity contribution in [2.45, 2.75) is 25.8 Å². The molecule has 0 saturated heterocycles. The van der Waals surface area contributed by atoms with Crippen LogP contribution in [0.2, 0.25) is 0 Å². The number of benzene rings is 1. The number of imide groups is 2. The second-order valence-corrected chi connectivity index (χ2v) is 4.86. The van der Waals surface area contributed by atoms with Crippen molar-refractivity contribution >= 4 is 29.8 Å². The summed E-state index contributed by atoms with van der Waals surface area (Å²) >= 11 is 0. The van der Waals surface area contributed by atoms with E-state index >= 15 is 0 Å². The van der Waals surface area contributed by atoms with E-state index in [2.05, 4.69) is 0 Å². The second-order valence-electron chi connectivity index (χ2n) is 4.86. The van der Waals surface area contributed by atoms with E-state index < -0.39 is 23.8 Å². The Morgan fingerprint density at radius 2 is 2.00 bits per heavy atom. The number of amides is 4. The summed E-state index contributed by atoms with van der Waals surface area (Å²) in [5.41, 5.74) is 6.64. The van der Waals surface area contributed by atoms with Crippen LogP contribution in [0, 0.1) is 0 Å². The summed E-state index contributed by atoms with van der Waals surface area (Å²) in [5, 5.41) is 2.01. The molecule has 0 saturated carbocycles. The molecule has 0 spiro atoms. The van der Waals surface area contributed by atoms with Crippen LogP contribution in [-0.2, 0) is 9.59 Å². The summed E-state index contributed by atoms with van der Waals surface area (Å²) in [6.07, 6.45) is 0.633. The van der Waals surface area contributed by atoms with Crippen molar-refractivity contribution in [3.8, 4) is 0 Å². The standard InChI is InChI=1S/C14H15N3O4/c1-8(2-5-12(19)16-7-18)17-13(20)10-4-3-9(15)6-11(10)14(17)21/h3-4,6-8H,2,5,15H2,1H3,(H,16,18,19). The molecule has 1 aromatic carbocycles. The van der Waals surface area contributed by atoms with Crippen LogP contribution in [-0.4, -0.2) is 35.1 Å². The van der Waals surface area contributed by atoms with Crippen molar-refractivity contribution in [3.63, 3.8) is 0 Å². The first-order valence-electron chi connectivity index (χ1n) is 6.46. The minimum absolute atomic E-state index is 0.0510. The average molecular weight is 289 g/mol. The smallest absolute Gasteiger partial charge is 0.261 e. The van der Waals surface area contributed by atoms with Gasteiger partial charge in [0.25, 0.3) is 11.8 Å². The van der Waals surface area contributed by atoms with E-state index in [9.17, 15) is 19.2 Å². The Bertz CT molecular complexity index is 627. The molecule has 1 aliphatic heterocycles. The van der Waals surface area contributed by atoms with E-state index in [-0.39, 0.29) is 18.4 Å². The Morgan fingerprint density at radius 3 is 2.67 bits per heavy atom. The fraction of sp³-hybridized carbons (Fsp3) is 0.286. The lowest BCUT2D eigenvalue weighted by atomic mass is 10.1. The highest BCUT2D eigenvalue weighted by Crippen LogP contribution is 2.27. The molecule has 7 heteroatoms. The summed E-state index contributed by atoms with van der Waals surface area (Å²) in [7, 11) is 0. The van der Waals surface area contributed by atoms with Crippen molar-refractivity contribution < 1.29 is 19.2 Å². The molecule has 0 fully saturated rings. The first-order chi connectivity index (χ1) is 9.95. The molecule has 0 aliphatic carbocycles. The molecule has 2 rings (SSSR count). The molecule has 21 heavy (non-hydrogen) atoms. The van der Waals surface area contributed by atoms with Gasteiger partial charge in [0.05, 0.1) is 11.1 Å². The van der Waals surface area contributed by atoms with Gasteiger partial charge in [0.1, 0.15) is 0 Å². The van der Waals surface area contributed by atoms with Gasteiger partial charge in [0.2, 0.25) is 12.3 Å². The van der Waals surface area contributed by atoms with E-state index in [0.29, 0.717) is 17.7 Å².